The highest BCUT2D eigenvalue weighted by atomic mass is 14.9. The van der Waals surface area contributed by atoms with Crippen LogP contribution in [0.4, 0.5) is 0 Å². The van der Waals surface area contributed by atoms with Crippen LogP contribution in [0.5, 0.6) is 0 Å². The van der Waals surface area contributed by atoms with E-state index in [1.165, 1.54) is 0 Å². The number of rotatable bonds is 3. The summed E-state index contributed by atoms with van der Waals surface area (Å²) >= 11 is 0. The lowest BCUT2D eigenvalue weighted by atomic mass is 10.3. The molecule has 14 heavy (non-hydrogen) atoms. The molecule has 72 valence electrons. The van der Waals surface area contributed by atoms with Crippen LogP contribution in [-0.2, 0) is 0 Å². The van der Waals surface area contributed by atoms with E-state index in [-0.39, 0.29) is 0 Å². The molecule has 0 aliphatic carbocycles. The molecule has 2 N–H and O–H groups in total. The summed E-state index contributed by atoms with van der Waals surface area (Å²) in [6.07, 6.45) is 4.02. The van der Waals surface area contributed by atoms with E-state index < -0.39 is 0 Å². The number of H-pyrrole nitrogens is 1. The molecule has 0 spiro atoms. The van der Waals surface area contributed by atoms with Crippen LogP contribution in [0.25, 0.3) is 17.1 Å². The van der Waals surface area contributed by atoms with E-state index in [2.05, 4.69) is 15.3 Å². The van der Waals surface area contributed by atoms with E-state index in [1.807, 2.05) is 43.5 Å². The zero-order valence-corrected chi connectivity index (χ0v) is 8.12. The fourth-order valence-corrected chi connectivity index (χ4v) is 1.34. The van der Waals surface area contributed by atoms with Gasteiger partial charge in [0.25, 0.3) is 0 Å². The van der Waals surface area contributed by atoms with Crippen LogP contribution in [0.15, 0.2) is 30.3 Å². The van der Waals surface area contributed by atoms with Gasteiger partial charge in [0.05, 0.1) is 11.0 Å². The monoisotopic (exact) mass is 187 g/mol. The van der Waals surface area contributed by atoms with E-state index in [1.54, 1.807) is 0 Å². The van der Waals surface area contributed by atoms with Crippen molar-refractivity contribution in [3.8, 4) is 0 Å². The number of fused-ring (bicyclic) bond motifs is 1. The van der Waals surface area contributed by atoms with Crippen molar-refractivity contribution in [2.24, 2.45) is 0 Å². The first-order chi connectivity index (χ1) is 6.90. The first-order valence-corrected chi connectivity index (χ1v) is 4.66. The number of nitrogens with one attached hydrogen (secondary N) is 2. The van der Waals surface area contributed by atoms with Crippen molar-refractivity contribution in [3.63, 3.8) is 0 Å². The van der Waals surface area contributed by atoms with E-state index in [4.69, 9.17) is 0 Å². The second-order valence-electron chi connectivity index (χ2n) is 3.10. The molecule has 0 amide bonds. The molecule has 0 bridgehead atoms. The predicted octanol–water partition coefficient (Wildman–Crippen LogP) is 1.80. The second-order valence-corrected chi connectivity index (χ2v) is 3.10. The van der Waals surface area contributed by atoms with Gasteiger partial charge >= 0.3 is 0 Å². The Morgan fingerprint density at radius 2 is 2.29 bits per heavy atom. The quantitative estimate of drug-likeness (QED) is 0.769. The molecule has 1 heterocycles. The summed E-state index contributed by atoms with van der Waals surface area (Å²) in [5.41, 5.74) is 2.09. The third-order valence-electron chi connectivity index (χ3n) is 2.01. The van der Waals surface area contributed by atoms with E-state index in [9.17, 15) is 0 Å². The van der Waals surface area contributed by atoms with Gasteiger partial charge in [0.1, 0.15) is 5.82 Å². The molecule has 2 rings (SSSR count). The Hall–Kier alpha value is -1.61. The molecule has 1 aromatic heterocycles. The SMILES string of the molecule is CNCC=Cc1nc2ccccc2[nH]1. The van der Waals surface area contributed by atoms with Gasteiger partial charge in [-0.1, -0.05) is 18.2 Å². The number of benzene rings is 1. The number of nitrogens with zero attached hydrogens (tertiary/aromatic N) is 1. The molecule has 0 radical (unpaired) electrons. The Kier molecular flexibility index (Phi) is 2.60. The first kappa shape index (κ1) is 8.97. The number of aromatic amines is 1. The summed E-state index contributed by atoms with van der Waals surface area (Å²) in [6.45, 7) is 0.858. The molecule has 0 unspecified atom stereocenters. The molecular formula is C11H13N3. The van der Waals surface area contributed by atoms with Crippen molar-refractivity contribution in [3.05, 3.63) is 36.2 Å². The van der Waals surface area contributed by atoms with Crippen LogP contribution >= 0.6 is 0 Å². The fourth-order valence-electron chi connectivity index (χ4n) is 1.34. The van der Waals surface area contributed by atoms with E-state index >= 15 is 0 Å². The third-order valence-corrected chi connectivity index (χ3v) is 2.01. The summed E-state index contributed by atoms with van der Waals surface area (Å²) < 4.78 is 0. The van der Waals surface area contributed by atoms with Crippen LogP contribution < -0.4 is 5.32 Å². The third kappa shape index (κ3) is 1.83. The maximum Gasteiger partial charge on any atom is 0.130 e. The lowest BCUT2D eigenvalue weighted by Crippen LogP contribution is -2.03. The molecule has 2 aromatic rings. The Morgan fingerprint density at radius 1 is 1.43 bits per heavy atom. The molecule has 0 saturated carbocycles. The highest BCUT2D eigenvalue weighted by molar-refractivity contribution is 5.76. The number of likely N-dealkylation sites (N-methyl/N-ethyl adjacent to an activating group) is 1. The summed E-state index contributed by atoms with van der Waals surface area (Å²) in [5, 5.41) is 3.04. The van der Waals surface area contributed by atoms with E-state index in [0.29, 0.717) is 0 Å². The summed E-state index contributed by atoms with van der Waals surface area (Å²) in [6, 6.07) is 8.02. The van der Waals surface area contributed by atoms with Gasteiger partial charge in [-0.2, -0.15) is 0 Å². The molecule has 3 heteroatoms. The number of hydrogen-bond acceptors (Lipinski definition) is 2. The number of aromatic nitrogens is 2. The molecule has 0 saturated heterocycles. The minimum atomic E-state index is 0.858. The van der Waals surface area contributed by atoms with Gasteiger partial charge in [-0.15, -0.1) is 0 Å². The van der Waals surface area contributed by atoms with Crippen molar-refractivity contribution >= 4 is 17.1 Å². The van der Waals surface area contributed by atoms with Crippen LogP contribution in [0.2, 0.25) is 0 Å². The average Bonchev–Trinajstić information content (AvgIpc) is 2.60. The van der Waals surface area contributed by atoms with Crippen LogP contribution in [0, 0.1) is 0 Å². The maximum absolute atomic E-state index is 4.41. The topological polar surface area (TPSA) is 40.7 Å². The van der Waals surface area contributed by atoms with Crippen LogP contribution in [-0.4, -0.2) is 23.6 Å². The summed E-state index contributed by atoms with van der Waals surface area (Å²) in [5.74, 6) is 0.904. The summed E-state index contributed by atoms with van der Waals surface area (Å²) in [4.78, 5) is 7.64. The lowest BCUT2D eigenvalue weighted by molar-refractivity contribution is 0.922. The van der Waals surface area contributed by atoms with Crippen molar-refractivity contribution in [2.45, 2.75) is 0 Å². The molecular weight excluding hydrogens is 174 g/mol. The smallest absolute Gasteiger partial charge is 0.130 e. The minimum absolute atomic E-state index is 0.858. The van der Waals surface area contributed by atoms with Gasteiger partial charge < -0.3 is 10.3 Å². The number of para-hydroxylation sites is 2. The highest BCUT2D eigenvalue weighted by Gasteiger charge is 1.96. The lowest BCUT2D eigenvalue weighted by Gasteiger charge is -1.86. The van der Waals surface area contributed by atoms with Gasteiger partial charge in [-0.05, 0) is 25.3 Å². The Morgan fingerprint density at radius 3 is 3.07 bits per heavy atom. The molecule has 0 atom stereocenters. The van der Waals surface area contributed by atoms with Gasteiger partial charge in [0.15, 0.2) is 0 Å². The largest absolute Gasteiger partial charge is 0.338 e. The van der Waals surface area contributed by atoms with Crippen LogP contribution in [0.1, 0.15) is 5.82 Å². The first-order valence-electron chi connectivity index (χ1n) is 4.66. The Bertz CT molecular complexity index is 409. The maximum atomic E-state index is 4.41. The second kappa shape index (κ2) is 4.07. The van der Waals surface area contributed by atoms with Crippen molar-refractivity contribution in [1.82, 2.24) is 15.3 Å². The van der Waals surface area contributed by atoms with Gasteiger partial charge in [-0.25, -0.2) is 4.98 Å². The fraction of sp³-hybridized carbons (Fsp3) is 0.182. The minimum Gasteiger partial charge on any atom is -0.338 e. The predicted molar refractivity (Wildman–Crippen MR) is 59.1 cm³/mol. The molecule has 0 fully saturated rings. The number of hydrogen-bond donors (Lipinski definition) is 2. The van der Waals surface area contributed by atoms with E-state index in [0.717, 1.165) is 23.4 Å². The zero-order valence-electron chi connectivity index (χ0n) is 8.12. The van der Waals surface area contributed by atoms with Gasteiger partial charge in [0, 0.05) is 6.54 Å². The van der Waals surface area contributed by atoms with Crippen molar-refractivity contribution in [2.75, 3.05) is 13.6 Å². The average molecular weight is 187 g/mol. The van der Waals surface area contributed by atoms with Crippen molar-refractivity contribution in [1.29, 1.82) is 0 Å². The standard InChI is InChI=1S/C11H13N3/c1-12-8-4-7-11-13-9-5-2-3-6-10(9)14-11/h2-7,12H,8H2,1H3,(H,13,14). The molecule has 1 aromatic carbocycles. The Labute approximate surface area is 82.9 Å². The molecule has 3 nitrogen and oxygen atoms in total. The molecule has 0 aliphatic rings. The van der Waals surface area contributed by atoms with Crippen LogP contribution in [0.3, 0.4) is 0 Å². The molecule has 0 aliphatic heterocycles. The number of imidazole rings is 1. The van der Waals surface area contributed by atoms with Gasteiger partial charge in [0.2, 0.25) is 0 Å². The van der Waals surface area contributed by atoms with Gasteiger partial charge in [-0.3, -0.25) is 0 Å². The summed E-state index contributed by atoms with van der Waals surface area (Å²) in [7, 11) is 1.92. The Balaban J connectivity index is 2.27. The zero-order chi connectivity index (χ0) is 9.80. The normalized spacial score (nSPS) is 11.5. The highest BCUT2D eigenvalue weighted by Crippen LogP contribution is 2.10. The van der Waals surface area contributed by atoms with Crippen molar-refractivity contribution < 1.29 is 0 Å².